The summed E-state index contributed by atoms with van der Waals surface area (Å²) in [5, 5.41) is 68.8. The Kier molecular flexibility index (Phi) is 4.88. The minimum atomic E-state index is -2.19. The van der Waals surface area contributed by atoms with Crippen LogP contribution in [0.1, 0.15) is 6.92 Å². The lowest BCUT2D eigenvalue weighted by atomic mass is 9.78. The number of aliphatic hydroxyl groups excluding tert-OH is 6. The van der Waals surface area contributed by atoms with E-state index in [4.69, 9.17) is 14.6 Å². The van der Waals surface area contributed by atoms with Gasteiger partial charge in [0.2, 0.25) is 0 Å². The second-order valence-electron chi connectivity index (χ2n) is 5.69. The van der Waals surface area contributed by atoms with Crippen molar-refractivity contribution in [1.29, 1.82) is 0 Å². The van der Waals surface area contributed by atoms with E-state index in [0.29, 0.717) is 0 Å². The third kappa shape index (κ3) is 2.69. The highest BCUT2D eigenvalue weighted by molar-refractivity contribution is 5.08. The summed E-state index contributed by atoms with van der Waals surface area (Å²) in [6.45, 7) is 0.354. The van der Waals surface area contributed by atoms with Crippen molar-refractivity contribution < 1.29 is 45.2 Å². The Morgan fingerprint density at radius 2 is 1.62 bits per heavy atom. The highest BCUT2D eigenvalue weighted by atomic mass is 16.6. The van der Waals surface area contributed by atoms with E-state index in [0.717, 1.165) is 0 Å². The van der Waals surface area contributed by atoms with E-state index in [-0.39, 0.29) is 0 Å². The molecule has 0 saturated carbocycles. The van der Waals surface area contributed by atoms with Gasteiger partial charge in [-0.25, -0.2) is 0 Å². The molecule has 0 radical (unpaired) electrons. The molecule has 2 heterocycles. The monoisotopic (exact) mass is 310 g/mol. The molecular formula is C12H22O9. The molecule has 0 aromatic heterocycles. The van der Waals surface area contributed by atoms with Crippen LogP contribution < -0.4 is 0 Å². The predicted octanol–water partition coefficient (Wildman–Crippen LogP) is -4.30. The number of hydrogen-bond acceptors (Lipinski definition) is 9. The zero-order chi connectivity index (χ0) is 15.9. The minimum Gasteiger partial charge on any atom is -0.394 e. The lowest BCUT2D eigenvalue weighted by Gasteiger charge is -2.51. The Hall–Kier alpha value is -0.360. The molecule has 0 amide bonds. The third-order valence-electron chi connectivity index (χ3n) is 4.27. The third-order valence-corrected chi connectivity index (χ3v) is 4.27. The smallest absolute Gasteiger partial charge is 0.145 e. The van der Waals surface area contributed by atoms with Crippen LogP contribution in [0, 0.1) is 0 Å². The fourth-order valence-electron chi connectivity index (χ4n) is 2.80. The summed E-state index contributed by atoms with van der Waals surface area (Å²) in [7, 11) is 0. The molecule has 2 aliphatic rings. The van der Waals surface area contributed by atoms with Crippen molar-refractivity contribution >= 4 is 0 Å². The van der Waals surface area contributed by atoms with Gasteiger partial charge in [0.15, 0.2) is 0 Å². The lowest BCUT2D eigenvalue weighted by Crippen LogP contribution is -2.73. The van der Waals surface area contributed by atoms with Crippen LogP contribution in [0.2, 0.25) is 0 Å². The minimum absolute atomic E-state index is 0.520. The molecule has 0 aliphatic carbocycles. The first kappa shape index (κ1) is 17.0. The van der Waals surface area contributed by atoms with Crippen LogP contribution in [0.5, 0.6) is 0 Å². The average Bonchev–Trinajstić information content (AvgIpc) is 2.46. The summed E-state index contributed by atoms with van der Waals surface area (Å²) in [6, 6.07) is 0. The molecule has 0 bridgehead atoms. The molecule has 9 atom stereocenters. The highest BCUT2D eigenvalue weighted by Gasteiger charge is 2.59. The summed E-state index contributed by atoms with van der Waals surface area (Å²) < 4.78 is 10.4. The topological polar surface area (TPSA) is 160 Å². The van der Waals surface area contributed by atoms with Crippen molar-refractivity contribution in [3.63, 3.8) is 0 Å². The summed E-state index contributed by atoms with van der Waals surface area (Å²) in [6.07, 6.45) is -11.4. The second kappa shape index (κ2) is 6.03. The van der Waals surface area contributed by atoms with Gasteiger partial charge in [0.1, 0.15) is 48.3 Å². The van der Waals surface area contributed by atoms with Gasteiger partial charge in [0, 0.05) is 0 Å². The second-order valence-corrected chi connectivity index (χ2v) is 5.69. The van der Waals surface area contributed by atoms with Gasteiger partial charge in [-0.15, -0.1) is 0 Å². The standard InChI is InChI=1S/C12H22O9/c1-4-6(14)8(16)9(17)11(21-4)12(19)3-20-5(2-13)7(15)10(12)18/h4-11,13-19H,2-3H2,1H3/t4-,5-,6-,7-,8+,9-,10?,11?,12+/m1/s1. The Morgan fingerprint density at radius 3 is 2.19 bits per heavy atom. The van der Waals surface area contributed by atoms with Gasteiger partial charge < -0.3 is 45.2 Å². The van der Waals surface area contributed by atoms with E-state index in [2.05, 4.69) is 0 Å². The number of ether oxygens (including phenoxy) is 2. The molecule has 9 heteroatoms. The normalized spacial score (nSPS) is 55.4. The van der Waals surface area contributed by atoms with Crippen LogP contribution in [-0.2, 0) is 9.47 Å². The van der Waals surface area contributed by atoms with Crippen LogP contribution in [0.25, 0.3) is 0 Å². The quantitative estimate of drug-likeness (QED) is 0.268. The van der Waals surface area contributed by atoms with Crippen LogP contribution in [0.15, 0.2) is 0 Å². The van der Waals surface area contributed by atoms with Crippen molar-refractivity contribution in [3.05, 3.63) is 0 Å². The van der Waals surface area contributed by atoms with Crippen molar-refractivity contribution in [2.45, 2.75) is 61.4 Å². The molecule has 2 saturated heterocycles. The summed E-state index contributed by atoms with van der Waals surface area (Å²) >= 11 is 0. The maximum atomic E-state index is 10.5. The lowest BCUT2D eigenvalue weighted by molar-refractivity contribution is -0.319. The Morgan fingerprint density at radius 1 is 1.00 bits per heavy atom. The molecule has 0 aromatic carbocycles. The molecular weight excluding hydrogens is 288 g/mol. The van der Waals surface area contributed by atoms with Gasteiger partial charge in [-0.1, -0.05) is 0 Å². The van der Waals surface area contributed by atoms with Crippen molar-refractivity contribution in [2.75, 3.05) is 13.2 Å². The van der Waals surface area contributed by atoms with Crippen LogP contribution in [0.4, 0.5) is 0 Å². The zero-order valence-corrected chi connectivity index (χ0v) is 11.5. The van der Waals surface area contributed by atoms with E-state index in [9.17, 15) is 30.6 Å². The summed E-state index contributed by atoms with van der Waals surface area (Å²) in [5.41, 5.74) is -2.19. The SMILES string of the molecule is C[C@H]1OC([C@]2(O)CO[C@H](CO)[C@@H](O)C2O)[C@H](O)[C@@H](O)[C@@H]1O. The zero-order valence-electron chi connectivity index (χ0n) is 11.5. The van der Waals surface area contributed by atoms with E-state index < -0.39 is 67.6 Å². The Bertz CT molecular complexity index is 367. The van der Waals surface area contributed by atoms with E-state index >= 15 is 0 Å². The fraction of sp³-hybridized carbons (Fsp3) is 1.00. The Balaban J connectivity index is 2.23. The maximum Gasteiger partial charge on any atom is 0.145 e. The molecule has 2 unspecified atom stereocenters. The number of hydrogen-bond donors (Lipinski definition) is 7. The van der Waals surface area contributed by atoms with Crippen LogP contribution in [-0.4, -0.2) is 103 Å². The fourth-order valence-corrected chi connectivity index (χ4v) is 2.80. The van der Waals surface area contributed by atoms with Gasteiger partial charge in [0.05, 0.1) is 19.3 Å². The molecule has 124 valence electrons. The number of rotatable bonds is 2. The van der Waals surface area contributed by atoms with Gasteiger partial charge in [-0.2, -0.15) is 0 Å². The first-order valence-electron chi connectivity index (χ1n) is 6.74. The van der Waals surface area contributed by atoms with Crippen molar-refractivity contribution in [2.24, 2.45) is 0 Å². The Labute approximate surface area is 121 Å². The molecule has 21 heavy (non-hydrogen) atoms. The van der Waals surface area contributed by atoms with Crippen LogP contribution >= 0.6 is 0 Å². The average molecular weight is 310 g/mol. The van der Waals surface area contributed by atoms with Gasteiger partial charge >= 0.3 is 0 Å². The van der Waals surface area contributed by atoms with E-state index in [1.807, 2.05) is 0 Å². The van der Waals surface area contributed by atoms with Gasteiger partial charge in [0.25, 0.3) is 0 Å². The molecule has 2 rings (SSSR count). The van der Waals surface area contributed by atoms with E-state index in [1.165, 1.54) is 6.92 Å². The van der Waals surface area contributed by atoms with Gasteiger partial charge in [-0.05, 0) is 6.92 Å². The summed E-state index contributed by atoms with van der Waals surface area (Å²) in [4.78, 5) is 0. The molecule has 9 nitrogen and oxygen atoms in total. The molecule has 0 aromatic rings. The number of aliphatic hydroxyl groups is 7. The molecule has 2 aliphatic heterocycles. The van der Waals surface area contributed by atoms with E-state index in [1.54, 1.807) is 0 Å². The molecule has 0 spiro atoms. The predicted molar refractivity (Wildman–Crippen MR) is 66.1 cm³/mol. The largest absolute Gasteiger partial charge is 0.394 e. The molecule has 2 fully saturated rings. The molecule has 7 N–H and O–H groups in total. The van der Waals surface area contributed by atoms with Crippen LogP contribution in [0.3, 0.4) is 0 Å². The van der Waals surface area contributed by atoms with Crippen molar-refractivity contribution in [3.8, 4) is 0 Å². The van der Waals surface area contributed by atoms with Gasteiger partial charge in [-0.3, -0.25) is 0 Å². The highest BCUT2D eigenvalue weighted by Crippen LogP contribution is 2.35. The first-order valence-corrected chi connectivity index (χ1v) is 6.74. The summed E-state index contributed by atoms with van der Waals surface area (Å²) in [5.74, 6) is 0. The maximum absolute atomic E-state index is 10.5. The van der Waals surface area contributed by atoms with Crippen molar-refractivity contribution in [1.82, 2.24) is 0 Å². The first-order chi connectivity index (χ1) is 9.74.